The smallest absolute Gasteiger partial charge is 0.339 e. The van der Waals surface area contributed by atoms with E-state index in [0.717, 1.165) is 12.0 Å². The third kappa shape index (κ3) is 3.97. The van der Waals surface area contributed by atoms with Gasteiger partial charge in [0.15, 0.2) is 0 Å². The first-order valence-corrected chi connectivity index (χ1v) is 9.88. The molecule has 3 rings (SSSR count). The van der Waals surface area contributed by atoms with Crippen molar-refractivity contribution in [3.63, 3.8) is 0 Å². The summed E-state index contributed by atoms with van der Waals surface area (Å²) in [6.07, 6.45) is 1.16. The summed E-state index contributed by atoms with van der Waals surface area (Å²) in [6.45, 7) is 9.05. The van der Waals surface area contributed by atoms with Crippen LogP contribution in [-0.2, 0) is 10.2 Å². The molecule has 1 aliphatic rings. The van der Waals surface area contributed by atoms with Gasteiger partial charge in [-0.05, 0) is 54.7 Å². The van der Waals surface area contributed by atoms with E-state index in [9.17, 15) is 4.79 Å². The first-order valence-electron chi connectivity index (χ1n) is 9.00. The van der Waals surface area contributed by atoms with E-state index in [0.29, 0.717) is 23.0 Å². The number of rotatable bonds is 2. The second-order valence-corrected chi connectivity index (χ2v) is 8.72. The van der Waals surface area contributed by atoms with E-state index in [-0.39, 0.29) is 11.4 Å². The van der Waals surface area contributed by atoms with Crippen LogP contribution in [0.5, 0.6) is 0 Å². The third-order valence-electron chi connectivity index (χ3n) is 4.60. The lowest BCUT2D eigenvalue weighted by Gasteiger charge is -2.35. The van der Waals surface area contributed by atoms with Gasteiger partial charge in [-0.25, -0.2) is 4.79 Å². The molecule has 0 aliphatic carbocycles. The minimum absolute atomic E-state index is 0.153. The Kier molecular flexibility index (Phi) is 5.44. The Balaban J connectivity index is 1.94. The zero-order chi connectivity index (χ0) is 18.7. The Morgan fingerprint density at radius 3 is 2.77 bits per heavy atom. The van der Waals surface area contributed by atoms with Gasteiger partial charge in [0.05, 0.1) is 12.2 Å². The Labute approximate surface area is 160 Å². The maximum Gasteiger partial charge on any atom is 0.339 e. The monoisotopic (exact) mass is 364 g/mol. The standard InChI is InChI=1S/C23H24O2S/c1-5-25-22(24)19-9-7-6-8-18(19)12-10-17-11-13-21-20(14-17)23(3,4)15-16(2)26-21/h6-9,11,13-14,16H,5,15H2,1-4H3. The van der Waals surface area contributed by atoms with E-state index in [1.165, 1.54) is 10.5 Å². The van der Waals surface area contributed by atoms with Crippen LogP contribution in [0.1, 0.15) is 61.2 Å². The Bertz CT molecular complexity index is 887. The molecular weight excluding hydrogens is 340 g/mol. The second-order valence-electron chi connectivity index (χ2n) is 7.24. The van der Waals surface area contributed by atoms with E-state index < -0.39 is 0 Å². The van der Waals surface area contributed by atoms with Gasteiger partial charge in [-0.2, -0.15) is 0 Å². The van der Waals surface area contributed by atoms with Crippen LogP contribution in [0.25, 0.3) is 0 Å². The molecule has 0 aromatic heterocycles. The van der Waals surface area contributed by atoms with Gasteiger partial charge in [-0.1, -0.05) is 44.7 Å². The number of esters is 1. The number of carbonyl (C=O) groups excluding carboxylic acids is 1. The van der Waals surface area contributed by atoms with Crippen molar-refractivity contribution in [2.24, 2.45) is 0 Å². The lowest BCUT2D eigenvalue weighted by atomic mass is 9.79. The summed E-state index contributed by atoms with van der Waals surface area (Å²) in [7, 11) is 0. The van der Waals surface area contributed by atoms with Crippen molar-refractivity contribution in [3.05, 3.63) is 64.7 Å². The molecule has 1 heterocycles. The molecule has 0 N–H and O–H groups in total. The van der Waals surface area contributed by atoms with Gasteiger partial charge in [0.25, 0.3) is 0 Å². The molecular formula is C23H24O2S. The van der Waals surface area contributed by atoms with Gasteiger partial charge >= 0.3 is 5.97 Å². The highest BCUT2D eigenvalue weighted by Gasteiger charge is 2.31. The summed E-state index contributed by atoms with van der Waals surface area (Å²) in [6, 6.07) is 13.8. The molecule has 2 nitrogen and oxygen atoms in total. The maximum atomic E-state index is 12.1. The minimum Gasteiger partial charge on any atom is -0.462 e. The number of ether oxygens (including phenoxy) is 1. The molecule has 0 saturated heterocycles. The van der Waals surface area contributed by atoms with Gasteiger partial charge in [-0.3, -0.25) is 0 Å². The lowest BCUT2D eigenvalue weighted by molar-refractivity contribution is 0.0526. The molecule has 0 saturated carbocycles. The Hall–Kier alpha value is -2.18. The highest BCUT2D eigenvalue weighted by atomic mass is 32.2. The SMILES string of the molecule is CCOC(=O)c1ccccc1C#Cc1ccc2c(c1)C(C)(C)CC(C)S2. The maximum absolute atomic E-state index is 12.1. The average Bonchev–Trinajstić information content (AvgIpc) is 2.60. The summed E-state index contributed by atoms with van der Waals surface area (Å²) in [4.78, 5) is 13.4. The number of thioether (sulfide) groups is 1. The zero-order valence-corrected chi connectivity index (χ0v) is 16.6. The molecule has 3 heteroatoms. The number of fused-ring (bicyclic) bond motifs is 1. The second kappa shape index (κ2) is 7.60. The zero-order valence-electron chi connectivity index (χ0n) is 15.8. The van der Waals surface area contributed by atoms with Crippen LogP contribution in [0.15, 0.2) is 47.4 Å². The molecule has 1 atom stereocenters. The van der Waals surface area contributed by atoms with Crippen molar-refractivity contribution < 1.29 is 9.53 Å². The van der Waals surface area contributed by atoms with Gasteiger partial charge in [-0.15, -0.1) is 11.8 Å². The van der Waals surface area contributed by atoms with Crippen molar-refractivity contribution in [2.45, 2.75) is 49.7 Å². The summed E-state index contributed by atoms with van der Waals surface area (Å²) in [5.41, 5.74) is 3.72. The van der Waals surface area contributed by atoms with E-state index in [2.05, 4.69) is 50.8 Å². The minimum atomic E-state index is -0.325. The largest absolute Gasteiger partial charge is 0.462 e. The van der Waals surface area contributed by atoms with E-state index >= 15 is 0 Å². The van der Waals surface area contributed by atoms with Crippen molar-refractivity contribution in [3.8, 4) is 11.8 Å². The number of carbonyl (C=O) groups is 1. The molecule has 1 aliphatic heterocycles. The van der Waals surface area contributed by atoms with Crippen LogP contribution in [-0.4, -0.2) is 17.8 Å². The normalized spacial score (nSPS) is 17.6. The predicted octanol–water partition coefficient (Wildman–Crippen LogP) is 5.43. The van der Waals surface area contributed by atoms with Crippen LogP contribution >= 0.6 is 11.8 Å². The molecule has 26 heavy (non-hydrogen) atoms. The van der Waals surface area contributed by atoms with E-state index in [1.54, 1.807) is 13.0 Å². The molecule has 0 fully saturated rings. The summed E-state index contributed by atoms with van der Waals surface area (Å²) >= 11 is 1.94. The third-order valence-corrected chi connectivity index (χ3v) is 5.78. The number of hydrogen-bond acceptors (Lipinski definition) is 3. The fourth-order valence-corrected chi connectivity index (χ4v) is 4.99. The first-order chi connectivity index (χ1) is 12.4. The van der Waals surface area contributed by atoms with Crippen LogP contribution in [0.2, 0.25) is 0 Å². The van der Waals surface area contributed by atoms with Crippen LogP contribution in [0, 0.1) is 11.8 Å². The predicted molar refractivity (Wildman–Crippen MR) is 108 cm³/mol. The van der Waals surface area contributed by atoms with Gasteiger partial charge in [0.2, 0.25) is 0 Å². The van der Waals surface area contributed by atoms with Crippen LogP contribution in [0.3, 0.4) is 0 Å². The molecule has 0 radical (unpaired) electrons. The van der Waals surface area contributed by atoms with E-state index in [4.69, 9.17) is 4.74 Å². The van der Waals surface area contributed by atoms with Gasteiger partial charge in [0, 0.05) is 21.3 Å². The molecule has 0 bridgehead atoms. The molecule has 134 valence electrons. The fraction of sp³-hybridized carbons (Fsp3) is 0.348. The summed E-state index contributed by atoms with van der Waals surface area (Å²) < 4.78 is 5.12. The molecule has 2 aromatic carbocycles. The van der Waals surface area contributed by atoms with E-state index in [1.807, 2.05) is 30.0 Å². The van der Waals surface area contributed by atoms with Crippen molar-refractivity contribution in [1.82, 2.24) is 0 Å². The Morgan fingerprint density at radius 1 is 1.23 bits per heavy atom. The van der Waals surface area contributed by atoms with Crippen molar-refractivity contribution >= 4 is 17.7 Å². The molecule has 0 spiro atoms. The highest BCUT2D eigenvalue weighted by molar-refractivity contribution is 8.00. The van der Waals surface area contributed by atoms with Crippen molar-refractivity contribution in [1.29, 1.82) is 0 Å². The fourth-order valence-electron chi connectivity index (χ4n) is 3.44. The van der Waals surface area contributed by atoms with Gasteiger partial charge < -0.3 is 4.74 Å². The Morgan fingerprint density at radius 2 is 2.00 bits per heavy atom. The number of hydrogen-bond donors (Lipinski definition) is 0. The summed E-state index contributed by atoms with van der Waals surface area (Å²) in [5, 5.41) is 0.630. The quantitative estimate of drug-likeness (QED) is 0.525. The topological polar surface area (TPSA) is 26.3 Å². The first kappa shape index (κ1) is 18.6. The summed E-state index contributed by atoms with van der Waals surface area (Å²) in [5.74, 6) is 6.06. The van der Waals surface area contributed by atoms with Gasteiger partial charge in [0.1, 0.15) is 0 Å². The highest BCUT2D eigenvalue weighted by Crippen LogP contribution is 2.45. The van der Waals surface area contributed by atoms with Crippen LogP contribution < -0.4 is 0 Å². The molecule has 0 amide bonds. The van der Waals surface area contributed by atoms with Crippen LogP contribution in [0.4, 0.5) is 0 Å². The number of benzene rings is 2. The van der Waals surface area contributed by atoms with Crippen molar-refractivity contribution in [2.75, 3.05) is 6.61 Å². The molecule has 1 unspecified atom stereocenters. The lowest BCUT2D eigenvalue weighted by Crippen LogP contribution is -2.26. The average molecular weight is 365 g/mol. The molecule has 2 aromatic rings.